The third-order valence-electron chi connectivity index (χ3n) is 5.73. The number of nitrogens with zero attached hydrogens (tertiary/aromatic N) is 2. The monoisotopic (exact) mass is 571 g/mol. The third-order valence-corrected chi connectivity index (χ3v) is 6.28. The molecule has 0 aliphatic carbocycles. The molecule has 2 aliphatic rings. The van der Waals surface area contributed by atoms with Gasteiger partial charge in [-0.15, -0.1) is 0 Å². The van der Waals surface area contributed by atoms with Gasteiger partial charge in [-0.05, 0) is 42.3 Å². The number of alkyl halides is 6. The van der Waals surface area contributed by atoms with Gasteiger partial charge in [-0.2, -0.15) is 26.3 Å². The molecule has 2 aromatic carbocycles. The van der Waals surface area contributed by atoms with Crippen LogP contribution in [0.2, 0.25) is 10.0 Å². The minimum absolute atomic E-state index is 0.0338. The van der Waals surface area contributed by atoms with Crippen LogP contribution in [0.5, 0.6) is 0 Å². The van der Waals surface area contributed by atoms with Crippen LogP contribution >= 0.6 is 23.2 Å². The fraction of sp³-hybridized carbons (Fsp3) is 0.318. The van der Waals surface area contributed by atoms with E-state index in [1.807, 2.05) is 0 Å². The molecule has 198 valence electrons. The molecule has 6 nitrogen and oxygen atoms in total. The van der Waals surface area contributed by atoms with E-state index in [0.717, 1.165) is 12.1 Å². The number of oxime groups is 2. The average molecular weight is 572 g/mol. The zero-order valence-electron chi connectivity index (χ0n) is 18.4. The summed E-state index contributed by atoms with van der Waals surface area (Å²) in [6.07, 6.45) is -12.5. The molecule has 15 heteroatoms. The standard InChI is InChI=1S/C22H14Cl2F7N3O3/c1-9-4-10(2-3-12(9)19(35)32-17-7-16(34-36-17)21(26,27)28)15-8-20(37-33-15,22(29,30)31)11-5-13(23)18(25)14(24)6-11/h2-6,17H,7-8H2,1H3,(H,32,35)/t17?,20-/m0/s1. The summed E-state index contributed by atoms with van der Waals surface area (Å²) >= 11 is 11.4. The Balaban J connectivity index is 1.54. The minimum Gasteiger partial charge on any atom is -0.374 e. The summed E-state index contributed by atoms with van der Waals surface area (Å²) in [7, 11) is 0. The van der Waals surface area contributed by atoms with Crippen molar-refractivity contribution in [2.45, 2.75) is 43.9 Å². The van der Waals surface area contributed by atoms with E-state index in [2.05, 4.69) is 20.5 Å². The molecule has 1 unspecified atom stereocenters. The van der Waals surface area contributed by atoms with Crippen molar-refractivity contribution < 1.29 is 45.2 Å². The number of carbonyl (C=O) groups excluding carboxylic acids is 1. The SMILES string of the molecule is Cc1cc(C2=NO[C@@](c3cc(Cl)c(F)c(Cl)c3)(C(F)(F)F)C2)ccc1C(=O)NC1CC(C(F)(F)F)=NO1. The maximum Gasteiger partial charge on any atom is 0.435 e. The van der Waals surface area contributed by atoms with Crippen molar-refractivity contribution in [2.75, 3.05) is 0 Å². The van der Waals surface area contributed by atoms with Gasteiger partial charge in [-0.3, -0.25) is 4.79 Å². The van der Waals surface area contributed by atoms with Crippen molar-refractivity contribution in [3.63, 3.8) is 0 Å². The van der Waals surface area contributed by atoms with E-state index >= 15 is 0 Å². The fourth-order valence-corrected chi connectivity index (χ4v) is 4.28. The van der Waals surface area contributed by atoms with Crippen molar-refractivity contribution in [3.05, 3.63) is 68.4 Å². The lowest BCUT2D eigenvalue weighted by molar-refractivity contribution is -0.275. The Morgan fingerprint density at radius 1 is 1.08 bits per heavy atom. The van der Waals surface area contributed by atoms with Gasteiger partial charge < -0.3 is 15.0 Å². The van der Waals surface area contributed by atoms with E-state index in [0.29, 0.717) is 0 Å². The number of amides is 1. The molecule has 0 fully saturated rings. The summed E-state index contributed by atoms with van der Waals surface area (Å²) in [5, 5.41) is 7.50. The molecule has 2 atom stereocenters. The molecule has 1 amide bonds. The van der Waals surface area contributed by atoms with Crippen molar-refractivity contribution in [3.8, 4) is 0 Å². The number of nitrogens with one attached hydrogen (secondary N) is 1. The molecule has 4 rings (SSSR count). The van der Waals surface area contributed by atoms with E-state index < -0.39 is 70.1 Å². The highest BCUT2D eigenvalue weighted by Gasteiger charge is 2.62. The maximum atomic E-state index is 14.2. The molecular formula is C22H14Cl2F7N3O3. The second-order valence-corrected chi connectivity index (χ2v) is 9.04. The van der Waals surface area contributed by atoms with Crippen molar-refractivity contribution in [2.24, 2.45) is 10.3 Å². The summed E-state index contributed by atoms with van der Waals surface area (Å²) < 4.78 is 94.4. The van der Waals surface area contributed by atoms with Crippen molar-refractivity contribution in [1.82, 2.24) is 5.32 Å². The summed E-state index contributed by atoms with van der Waals surface area (Å²) in [5.41, 5.74) is -4.37. The lowest BCUT2D eigenvalue weighted by Crippen LogP contribution is -2.42. The predicted molar refractivity (Wildman–Crippen MR) is 118 cm³/mol. The van der Waals surface area contributed by atoms with Crippen molar-refractivity contribution in [1.29, 1.82) is 0 Å². The van der Waals surface area contributed by atoms with Crippen LogP contribution in [0.3, 0.4) is 0 Å². The lowest BCUT2D eigenvalue weighted by Gasteiger charge is -2.29. The van der Waals surface area contributed by atoms with Crippen LogP contribution in [0.1, 0.15) is 39.9 Å². The average Bonchev–Trinajstić information content (AvgIpc) is 3.45. The van der Waals surface area contributed by atoms with E-state index in [1.165, 1.54) is 25.1 Å². The molecule has 2 aliphatic heterocycles. The number of halogens is 9. The van der Waals surface area contributed by atoms with Crippen LogP contribution in [-0.2, 0) is 15.3 Å². The molecule has 2 heterocycles. The van der Waals surface area contributed by atoms with Gasteiger partial charge in [-0.25, -0.2) is 4.39 Å². The fourth-order valence-electron chi connectivity index (χ4n) is 3.79. The van der Waals surface area contributed by atoms with Crippen LogP contribution in [0.15, 0.2) is 40.6 Å². The first-order valence-electron chi connectivity index (χ1n) is 10.3. The first-order valence-corrected chi connectivity index (χ1v) is 11.1. The zero-order valence-corrected chi connectivity index (χ0v) is 19.9. The Hall–Kier alpha value is -3.06. The molecular weight excluding hydrogens is 558 g/mol. The molecule has 0 saturated heterocycles. The Morgan fingerprint density at radius 2 is 1.73 bits per heavy atom. The number of rotatable bonds is 4. The topological polar surface area (TPSA) is 72.3 Å². The molecule has 0 radical (unpaired) electrons. The largest absolute Gasteiger partial charge is 0.435 e. The quantitative estimate of drug-likeness (QED) is 0.340. The van der Waals surface area contributed by atoms with Gasteiger partial charge in [0.2, 0.25) is 6.23 Å². The van der Waals surface area contributed by atoms with Gasteiger partial charge in [0, 0.05) is 17.5 Å². The molecule has 0 aromatic heterocycles. The first-order chi connectivity index (χ1) is 17.1. The second-order valence-electron chi connectivity index (χ2n) is 8.22. The Labute approximate surface area is 214 Å². The Kier molecular flexibility index (Phi) is 6.82. The van der Waals surface area contributed by atoms with Crippen molar-refractivity contribution >= 4 is 40.5 Å². The Bertz CT molecular complexity index is 1300. The highest BCUT2D eigenvalue weighted by Crippen LogP contribution is 2.50. The Morgan fingerprint density at radius 3 is 2.27 bits per heavy atom. The predicted octanol–water partition coefficient (Wildman–Crippen LogP) is 6.42. The highest BCUT2D eigenvalue weighted by atomic mass is 35.5. The highest BCUT2D eigenvalue weighted by molar-refractivity contribution is 6.35. The summed E-state index contributed by atoms with van der Waals surface area (Å²) in [6.45, 7) is 1.47. The molecule has 2 aromatic rings. The zero-order chi connectivity index (χ0) is 27.3. The van der Waals surface area contributed by atoms with Gasteiger partial charge in [0.05, 0.1) is 22.2 Å². The minimum atomic E-state index is -5.00. The van der Waals surface area contributed by atoms with Gasteiger partial charge >= 0.3 is 12.4 Å². The number of hydrogen-bond donors (Lipinski definition) is 1. The molecule has 37 heavy (non-hydrogen) atoms. The van der Waals surface area contributed by atoms with Crippen LogP contribution < -0.4 is 5.32 Å². The summed E-state index contributed by atoms with van der Waals surface area (Å²) in [4.78, 5) is 22.0. The van der Waals surface area contributed by atoms with E-state index in [9.17, 15) is 35.5 Å². The normalized spacial score (nSPS) is 21.7. The second kappa shape index (κ2) is 9.35. The smallest absolute Gasteiger partial charge is 0.374 e. The van der Waals surface area contributed by atoms with Crippen LogP contribution in [0, 0.1) is 12.7 Å². The lowest BCUT2D eigenvalue weighted by atomic mass is 9.86. The molecule has 0 saturated carbocycles. The van der Waals surface area contributed by atoms with Gasteiger partial charge in [0.1, 0.15) is 0 Å². The van der Waals surface area contributed by atoms with Crippen LogP contribution in [0.4, 0.5) is 30.7 Å². The number of carbonyl (C=O) groups is 1. The number of aryl methyl sites for hydroxylation is 1. The molecule has 0 bridgehead atoms. The third kappa shape index (κ3) is 5.06. The van der Waals surface area contributed by atoms with Gasteiger partial charge in [0.25, 0.3) is 11.5 Å². The number of hydrogen-bond acceptors (Lipinski definition) is 5. The summed E-state index contributed by atoms with van der Waals surface area (Å²) in [5.74, 6) is -1.87. The molecule has 1 N–H and O–H groups in total. The van der Waals surface area contributed by atoms with E-state index in [-0.39, 0.29) is 22.4 Å². The van der Waals surface area contributed by atoms with E-state index in [1.54, 1.807) is 0 Å². The van der Waals surface area contributed by atoms with E-state index in [4.69, 9.17) is 28.0 Å². The van der Waals surface area contributed by atoms with Gasteiger partial charge in [-0.1, -0.05) is 39.6 Å². The van der Waals surface area contributed by atoms with Crippen LogP contribution in [0.25, 0.3) is 0 Å². The first kappa shape index (κ1) is 27.0. The number of benzene rings is 2. The maximum absolute atomic E-state index is 14.2. The van der Waals surface area contributed by atoms with Crippen LogP contribution in [-0.4, -0.2) is 35.9 Å². The summed E-state index contributed by atoms with van der Waals surface area (Å²) in [6, 6.07) is 5.44. The molecule has 0 spiro atoms. The van der Waals surface area contributed by atoms with Gasteiger partial charge in [0.15, 0.2) is 11.5 Å².